The lowest BCUT2D eigenvalue weighted by Crippen LogP contribution is -2.20. The highest BCUT2D eigenvalue weighted by Gasteiger charge is 2.14. The normalized spacial score (nSPS) is 13.9. The van der Waals surface area contributed by atoms with E-state index in [0.717, 1.165) is 11.9 Å². The van der Waals surface area contributed by atoms with E-state index in [1.807, 2.05) is 20.8 Å². The summed E-state index contributed by atoms with van der Waals surface area (Å²) in [5.41, 5.74) is 0. The Hall–Kier alpha value is -0.0200. The third-order valence-corrected chi connectivity index (χ3v) is 1.81. The molecule has 0 saturated carbocycles. The van der Waals surface area contributed by atoms with Gasteiger partial charge in [0.15, 0.2) is 0 Å². The molecule has 0 rings (SSSR count). The molecule has 0 saturated heterocycles. The molecule has 9 heavy (non-hydrogen) atoms. The van der Waals surface area contributed by atoms with E-state index >= 15 is 0 Å². The highest BCUT2D eigenvalue weighted by molar-refractivity contribution is 7.98. The van der Waals surface area contributed by atoms with Crippen LogP contribution in [-0.4, -0.2) is 11.0 Å². The molecule has 1 atom stereocenters. The molecule has 0 aliphatic carbocycles. The highest BCUT2D eigenvalue weighted by Crippen LogP contribution is 2.08. The maximum Gasteiger partial charge on any atom is 0.149 e. The minimum absolute atomic E-state index is 0.0509. The van der Waals surface area contributed by atoms with Crippen LogP contribution in [0, 0.1) is 5.92 Å². The van der Waals surface area contributed by atoms with Gasteiger partial charge in [0.1, 0.15) is 5.78 Å². The van der Waals surface area contributed by atoms with Gasteiger partial charge in [0.2, 0.25) is 0 Å². The second-order valence-corrected chi connectivity index (χ2v) is 3.31. The first-order valence-electron chi connectivity index (χ1n) is 2.98. The molecule has 0 aromatic carbocycles. The van der Waals surface area contributed by atoms with E-state index in [2.05, 4.69) is 0 Å². The summed E-state index contributed by atoms with van der Waals surface area (Å²) in [7, 11) is 0. The number of rotatable bonds is 3. The first-order chi connectivity index (χ1) is 4.09. The smallest absolute Gasteiger partial charge is 0.149 e. The lowest BCUT2D eigenvalue weighted by molar-refractivity contribution is -0.121. The van der Waals surface area contributed by atoms with Gasteiger partial charge in [0, 0.05) is 5.92 Å². The fourth-order valence-corrected chi connectivity index (χ4v) is 0.943. The summed E-state index contributed by atoms with van der Waals surface area (Å²) in [5, 5.41) is 5.16. The van der Waals surface area contributed by atoms with Crippen molar-refractivity contribution in [2.75, 3.05) is 0 Å². The molecule has 54 valence electrons. The zero-order valence-corrected chi connectivity index (χ0v) is 6.87. The van der Waals surface area contributed by atoms with Crippen LogP contribution in [0.25, 0.3) is 0 Å². The van der Waals surface area contributed by atoms with Crippen molar-refractivity contribution in [3.05, 3.63) is 0 Å². The molecule has 0 spiro atoms. The van der Waals surface area contributed by atoms with E-state index in [-0.39, 0.29) is 17.0 Å². The average molecular weight is 147 g/mol. The Morgan fingerprint density at radius 2 is 1.89 bits per heavy atom. The quantitative estimate of drug-likeness (QED) is 0.610. The molecule has 0 heterocycles. The zero-order chi connectivity index (χ0) is 7.44. The summed E-state index contributed by atoms with van der Waals surface area (Å²) in [6.07, 6.45) is 0. The number of hydrogen-bond acceptors (Lipinski definition) is 3. The first-order valence-corrected chi connectivity index (χ1v) is 3.93. The van der Waals surface area contributed by atoms with Crippen molar-refractivity contribution >= 4 is 17.7 Å². The van der Waals surface area contributed by atoms with Gasteiger partial charge in [-0.25, -0.2) is 0 Å². The molecule has 0 aliphatic rings. The van der Waals surface area contributed by atoms with Crippen molar-refractivity contribution in [2.24, 2.45) is 11.1 Å². The fourth-order valence-electron chi connectivity index (χ4n) is 0.536. The van der Waals surface area contributed by atoms with Crippen molar-refractivity contribution in [2.45, 2.75) is 26.0 Å². The number of carbonyl (C=O) groups is 1. The van der Waals surface area contributed by atoms with Crippen LogP contribution in [0.15, 0.2) is 0 Å². The van der Waals surface area contributed by atoms with Gasteiger partial charge in [0.05, 0.1) is 5.25 Å². The van der Waals surface area contributed by atoms with Gasteiger partial charge in [-0.3, -0.25) is 9.93 Å². The summed E-state index contributed by atoms with van der Waals surface area (Å²) in [6, 6.07) is 0. The summed E-state index contributed by atoms with van der Waals surface area (Å²) >= 11 is 1.11. The van der Waals surface area contributed by atoms with Crippen LogP contribution in [0.1, 0.15) is 20.8 Å². The number of hydrogen-bond donors (Lipinski definition) is 1. The maximum atomic E-state index is 11.0. The summed E-state index contributed by atoms with van der Waals surface area (Å²) < 4.78 is 0. The molecule has 0 aromatic rings. The van der Waals surface area contributed by atoms with Crippen molar-refractivity contribution in [3.63, 3.8) is 0 Å². The maximum absolute atomic E-state index is 11.0. The van der Waals surface area contributed by atoms with Crippen molar-refractivity contribution in [3.8, 4) is 0 Å². The molecular formula is C6H13NOS. The van der Waals surface area contributed by atoms with Crippen LogP contribution in [0.4, 0.5) is 0 Å². The molecule has 0 bridgehead atoms. The van der Waals surface area contributed by atoms with Crippen LogP contribution in [0.5, 0.6) is 0 Å². The van der Waals surface area contributed by atoms with E-state index in [4.69, 9.17) is 5.14 Å². The minimum atomic E-state index is -0.0509. The molecule has 0 radical (unpaired) electrons. The molecule has 2 N–H and O–H groups in total. The Morgan fingerprint density at radius 3 is 2.00 bits per heavy atom. The van der Waals surface area contributed by atoms with Gasteiger partial charge < -0.3 is 0 Å². The van der Waals surface area contributed by atoms with Crippen LogP contribution in [-0.2, 0) is 4.79 Å². The third-order valence-electron chi connectivity index (χ3n) is 1.17. The van der Waals surface area contributed by atoms with Crippen LogP contribution < -0.4 is 5.14 Å². The minimum Gasteiger partial charge on any atom is -0.298 e. The molecular weight excluding hydrogens is 134 g/mol. The van der Waals surface area contributed by atoms with Gasteiger partial charge in [-0.1, -0.05) is 25.8 Å². The van der Waals surface area contributed by atoms with Gasteiger partial charge >= 0.3 is 0 Å². The molecule has 2 nitrogen and oxygen atoms in total. The van der Waals surface area contributed by atoms with E-state index in [0.29, 0.717) is 0 Å². The lowest BCUT2D eigenvalue weighted by Gasteiger charge is -2.07. The van der Waals surface area contributed by atoms with Crippen molar-refractivity contribution in [1.82, 2.24) is 0 Å². The van der Waals surface area contributed by atoms with Gasteiger partial charge in [-0.2, -0.15) is 0 Å². The third kappa shape index (κ3) is 2.87. The summed E-state index contributed by atoms with van der Waals surface area (Å²) in [6.45, 7) is 5.59. The standard InChI is InChI=1S/C6H13NOS/c1-4(2)6(8)5(3)9-7/h4-5H,7H2,1-3H3. The van der Waals surface area contributed by atoms with Crippen LogP contribution in [0.3, 0.4) is 0 Å². The second-order valence-electron chi connectivity index (χ2n) is 2.34. The number of ketones is 1. The van der Waals surface area contributed by atoms with Gasteiger partial charge in [-0.05, 0) is 6.92 Å². The fraction of sp³-hybridized carbons (Fsp3) is 0.833. The molecule has 0 aliphatic heterocycles. The second kappa shape index (κ2) is 3.90. The van der Waals surface area contributed by atoms with E-state index in [1.54, 1.807) is 0 Å². The Kier molecular flexibility index (Phi) is 3.89. The van der Waals surface area contributed by atoms with E-state index < -0.39 is 0 Å². The first kappa shape index (κ1) is 8.98. The van der Waals surface area contributed by atoms with Gasteiger partial charge in [-0.15, -0.1) is 0 Å². The monoisotopic (exact) mass is 147 g/mol. The van der Waals surface area contributed by atoms with Crippen molar-refractivity contribution < 1.29 is 4.79 Å². The molecule has 0 fully saturated rings. The molecule has 0 aromatic heterocycles. The van der Waals surface area contributed by atoms with Crippen LogP contribution in [0.2, 0.25) is 0 Å². The topological polar surface area (TPSA) is 43.1 Å². The molecule has 3 heteroatoms. The van der Waals surface area contributed by atoms with E-state index in [1.165, 1.54) is 0 Å². The Balaban J connectivity index is 3.73. The molecule has 1 unspecified atom stereocenters. The lowest BCUT2D eigenvalue weighted by atomic mass is 10.1. The predicted octanol–water partition coefficient (Wildman–Crippen LogP) is 1.21. The molecule has 0 amide bonds. The average Bonchev–Trinajstić information content (AvgIpc) is 1.84. The SMILES string of the molecule is CC(C)C(=O)C(C)SN. The Morgan fingerprint density at radius 1 is 1.44 bits per heavy atom. The highest BCUT2D eigenvalue weighted by atomic mass is 32.2. The van der Waals surface area contributed by atoms with Gasteiger partial charge in [0.25, 0.3) is 0 Å². The number of nitrogens with two attached hydrogens (primary N) is 1. The Labute approximate surface area is 60.3 Å². The number of carbonyl (C=O) groups excluding carboxylic acids is 1. The largest absolute Gasteiger partial charge is 0.298 e. The zero-order valence-electron chi connectivity index (χ0n) is 6.05. The van der Waals surface area contributed by atoms with E-state index in [9.17, 15) is 4.79 Å². The predicted molar refractivity (Wildman–Crippen MR) is 41.1 cm³/mol. The number of Topliss-reactive ketones (excluding diaryl/α,β-unsaturated/α-hetero) is 1. The summed E-state index contributed by atoms with van der Waals surface area (Å²) in [5.74, 6) is 0.332. The van der Waals surface area contributed by atoms with Crippen LogP contribution >= 0.6 is 11.9 Å². The Bertz CT molecular complexity index is 103. The summed E-state index contributed by atoms with van der Waals surface area (Å²) in [4.78, 5) is 11.0. The van der Waals surface area contributed by atoms with Crippen molar-refractivity contribution in [1.29, 1.82) is 0 Å².